The number of Topliss-reactive ketones (excluding diaryl/α,β-unsaturated/α-hetero) is 1. The summed E-state index contributed by atoms with van der Waals surface area (Å²) in [6.45, 7) is 8.28. The first-order valence-corrected chi connectivity index (χ1v) is 11.7. The predicted molar refractivity (Wildman–Crippen MR) is 127 cm³/mol. The third kappa shape index (κ3) is 3.99. The second kappa shape index (κ2) is 8.57. The summed E-state index contributed by atoms with van der Waals surface area (Å²) in [5, 5.41) is 11.5. The number of carbonyl (C=O) groups excluding carboxylic acids is 2. The van der Waals surface area contributed by atoms with E-state index in [-0.39, 0.29) is 22.8 Å². The number of aliphatic hydroxyl groups excluding tert-OH is 1. The van der Waals surface area contributed by atoms with Crippen molar-refractivity contribution in [1.29, 1.82) is 0 Å². The highest BCUT2D eigenvalue weighted by atomic mass is 16.3. The van der Waals surface area contributed by atoms with Gasteiger partial charge in [-0.25, -0.2) is 0 Å². The number of hydrogen-bond acceptors (Lipinski definition) is 3. The van der Waals surface area contributed by atoms with Crippen LogP contribution in [-0.2, 0) is 15.0 Å². The van der Waals surface area contributed by atoms with Crippen LogP contribution in [0.2, 0.25) is 0 Å². The summed E-state index contributed by atoms with van der Waals surface area (Å²) in [5.41, 5.74) is 3.55. The molecule has 4 rings (SSSR count). The maximum atomic E-state index is 13.3. The lowest BCUT2D eigenvalue weighted by Crippen LogP contribution is -2.40. The molecular formula is C28H33NO3. The normalized spacial score (nSPS) is 21.9. The van der Waals surface area contributed by atoms with Crippen LogP contribution in [-0.4, -0.2) is 27.7 Å². The number of nitrogens with zero attached hydrogens (tertiary/aromatic N) is 1. The Kier molecular flexibility index (Phi) is 5.98. The highest BCUT2D eigenvalue weighted by Gasteiger charge is 2.48. The largest absolute Gasteiger partial charge is 0.507 e. The Morgan fingerprint density at radius 1 is 0.969 bits per heavy atom. The molecule has 4 nitrogen and oxygen atoms in total. The van der Waals surface area contributed by atoms with Crippen LogP contribution < -0.4 is 0 Å². The van der Waals surface area contributed by atoms with Gasteiger partial charge in [0.25, 0.3) is 11.7 Å². The number of benzene rings is 2. The topological polar surface area (TPSA) is 57.6 Å². The molecule has 2 aromatic rings. The van der Waals surface area contributed by atoms with Crippen LogP contribution >= 0.6 is 0 Å². The molecule has 0 bridgehead atoms. The Bertz CT molecular complexity index is 1060. The maximum absolute atomic E-state index is 13.3. The zero-order valence-corrected chi connectivity index (χ0v) is 19.5. The number of likely N-dealkylation sites (tertiary alicyclic amines) is 1. The van der Waals surface area contributed by atoms with Gasteiger partial charge < -0.3 is 10.0 Å². The van der Waals surface area contributed by atoms with Crippen LogP contribution in [0.1, 0.15) is 81.2 Å². The van der Waals surface area contributed by atoms with Gasteiger partial charge in [0.15, 0.2) is 0 Å². The number of amides is 1. The molecular weight excluding hydrogens is 398 g/mol. The van der Waals surface area contributed by atoms with Crippen molar-refractivity contribution in [1.82, 2.24) is 4.90 Å². The molecule has 1 saturated heterocycles. The minimum absolute atomic E-state index is 0.0257. The third-order valence-corrected chi connectivity index (χ3v) is 6.92. The molecule has 2 fully saturated rings. The zero-order valence-electron chi connectivity index (χ0n) is 19.5. The zero-order chi connectivity index (χ0) is 23.0. The molecule has 1 saturated carbocycles. The number of rotatable bonds is 3. The van der Waals surface area contributed by atoms with Crippen molar-refractivity contribution in [2.45, 2.75) is 77.3 Å². The summed E-state index contributed by atoms with van der Waals surface area (Å²) in [6, 6.07) is 15.1. The summed E-state index contributed by atoms with van der Waals surface area (Å²) in [6.07, 6.45) is 5.07. The van der Waals surface area contributed by atoms with Gasteiger partial charge in [-0.15, -0.1) is 0 Å². The minimum Gasteiger partial charge on any atom is -0.507 e. The molecule has 2 aliphatic rings. The summed E-state index contributed by atoms with van der Waals surface area (Å²) >= 11 is 0. The Morgan fingerprint density at radius 3 is 2.25 bits per heavy atom. The van der Waals surface area contributed by atoms with Gasteiger partial charge in [-0.2, -0.15) is 0 Å². The van der Waals surface area contributed by atoms with E-state index in [0.717, 1.165) is 48.8 Å². The molecule has 1 atom stereocenters. The summed E-state index contributed by atoms with van der Waals surface area (Å²) in [5.74, 6) is -1.14. The average molecular weight is 432 g/mol. The van der Waals surface area contributed by atoms with Crippen molar-refractivity contribution in [3.8, 4) is 0 Å². The molecule has 1 aliphatic heterocycles. The van der Waals surface area contributed by atoms with E-state index in [4.69, 9.17) is 0 Å². The molecule has 168 valence electrons. The third-order valence-electron chi connectivity index (χ3n) is 6.92. The smallest absolute Gasteiger partial charge is 0.295 e. The van der Waals surface area contributed by atoms with Crippen molar-refractivity contribution >= 4 is 17.4 Å². The van der Waals surface area contributed by atoms with Gasteiger partial charge in [0.2, 0.25) is 0 Å². The number of carbonyl (C=O) groups is 2. The number of aryl methyl sites for hydroxylation is 1. The molecule has 1 unspecified atom stereocenters. The fourth-order valence-corrected chi connectivity index (χ4v) is 5.04. The van der Waals surface area contributed by atoms with E-state index < -0.39 is 17.7 Å². The van der Waals surface area contributed by atoms with E-state index in [0.29, 0.717) is 5.56 Å². The molecule has 1 amide bonds. The highest BCUT2D eigenvalue weighted by molar-refractivity contribution is 6.46. The lowest BCUT2D eigenvalue weighted by Gasteiger charge is -2.35. The van der Waals surface area contributed by atoms with Gasteiger partial charge in [0.05, 0.1) is 11.6 Å². The fourth-order valence-electron chi connectivity index (χ4n) is 5.04. The molecule has 2 aromatic carbocycles. The Hall–Kier alpha value is -2.88. The first kappa shape index (κ1) is 22.3. The van der Waals surface area contributed by atoms with Gasteiger partial charge in [0, 0.05) is 11.6 Å². The lowest BCUT2D eigenvalue weighted by molar-refractivity contribution is -0.141. The number of aliphatic hydroxyl groups is 1. The van der Waals surface area contributed by atoms with Crippen LogP contribution in [0.3, 0.4) is 0 Å². The molecule has 0 aromatic heterocycles. The van der Waals surface area contributed by atoms with Gasteiger partial charge in [-0.3, -0.25) is 9.59 Å². The van der Waals surface area contributed by atoms with Crippen molar-refractivity contribution < 1.29 is 14.7 Å². The van der Waals surface area contributed by atoms with E-state index in [2.05, 4.69) is 26.8 Å². The van der Waals surface area contributed by atoms with Gasteiger partial charge in [0.1, 0.15) is 5.76 Å². The average Bonchev–Trinajstić information content (AvgIpc) is 3.04. The van der Waals surface area contributed by atoms with E-state index in [1.807, 2.05) is 49.4 Å². The van der Waals surface area contributed by atoms with Crippen molar-refractivity contribution in [2.75, 3.05) is 0 Å². The van der Waals surface area contributed by atoms with E-state index in [1.54, 1.807) is 4.90 Å². The van der Waals surface area contributed by atoms with E-state index in [9.17, 15) is 14.7 Å². The van der Waals surface area contributed by atoms with Crippen LogP contribution in [0.4, 0.5) is 0 Å². The van der Waals surface area contributed by atoms with E-state index in [1.165, 1.54) is 0 Å². The highest BCUT2D eigenvalue weighted by Crippen LogP contribution is 2.43. The van der Waals surface area contributed by atoms with Crippen molar-refractivity contribution in [3.05, 3.63) is 76.4 Å². The second-order valence-electron chi connectivity index (χ2n) is 10.2. The van der Waals surface area contributed by atoms with Crippen molar-refractivity contribution in [2.24, 2.45) is 0 Å². The molecule has 1 N–H and O–H groups in total. The molecule has 4 heteroatoms. The van der Waals surface area contributed by atoms with E-state index >= 15 is 0 Å². The van der Waals surface area contributed by atoms with Crippen LogP contribution in [0.15, 0.2) is 54.1 Å². The number of hydrogen-bond donors (Lipinski definition) is 1. The minimum atomic E-state index is -0.581. The van der Waals surface area contributed by atoms with Crippen LogP contribution in [0.25, 0.3) is 5.76 Å². The predicted octanol–water partition coefficient (Wildman–Crippen LogP) is 6.05. The number of ketones is 1. The first-order chi connectivity index (χ1) is 15.2. The quantitative estimate of drug-likeness (QED) is 0.366. The lowest BCUT2D eigenvalue weighted by atomic mass is 9.84. The molecule has 0 spiro atoms. The molecule has 1 aliphatic carbocycles. The van der Waals surface area contributed by atoms with Gasteiger partial charge >= 0.3 is 0 Å². The molecule has 1 heterocycles. The summed E-state index contributed by atoms with van der Waals surface area (Å²) in [7, 11) is 0. The Morgan fingerprint density at radius 2 is 1.62 bits per heavy atom. The fraction of sp³-hybridized carbons (Fsp3) is 0.429. The van der Waals surface area contributed by atoms with Crippen LogP contribution in [0.5, 0.6) is 0 Å². The standard InChI is InChI=1S/C28H33NO3/c1-18-15-16-20(28(2,3)4)17-22(18)25(30)23-24(19-11-7-5-8-12-19)29(27(32)26(23)31)21-13-9-6-10-14-21/h5,7-8,11-12,15-17,21,24,30H,6,9-10,13-14H2,1-4H3/b25-23+. The maximum Gasteiger partial charge on any atom is 0.295 e. The molecule has 0 radical (unpaired) electrons. The molecule has 32 heavy (non-hydrogen) atoms. The Labute approximate surface area is 191 Å². The van der Waals surface area contributed by atoms with Crippen molar-refractivity contribution in [3.63, 3.8) is 0 Å². The first-order valence-electron chi connectivity index (χ1n) is 11.7. The Balaban J connectivity index is 1.90. The summed E-state index contributed by atoms with van der Waals surface area (Å²) in [4.78, 5) is 28.4. The van der Waals surface area contributed by atoms with Gasteiger partial charge in [-0.1, -0.05) is 82.5 Å². The van der Waals surface area contributed by atoms with Crippen LogP contribution in [0, 0.1) is 6.92 Å². The SMILES string of the molecule is Cc1ccc(C(C)(C)C)cc1/C(O)=C1\C(=O)C(=O)N(C2CCCCC2)C1c1ccccc1. The van der Waals surface area contributed by atoms with Gasteiger partial charge in [-0.05, 0) is 47.9 Å². The monoisotopic (exact) mass is 431 g/mol. The summed E-state index contributed by atoms with van der Waals surface area (Å²) < 4.78 is 0. The second-order valence-corrected chi connectivity index (χ2v) is 10.2.